The Morgan fingerprint density at radius 2 is 1.47 bits per heavy atom. The van der Waals surface area contributed by atoms with Crippen molar-refractivity contribution in [1.29, 1.82) is 0 Å². The number of hydrogen-bond donors (Lipinski definition) is 7. The number of hydrogen-bond acceptors (Lipinski definition) is 8. The van der Waals surface area contributed by atoms with Crippen molar-refractivity contribution in [2.75, 3.05) is 6.61 Å². The van der Waals surface area contributed by atoms with Crippen molar-refractivity contribution in [1.82, 2.24) is 0 Å². The van der Waals surface area contributed by atoms with Crippen molar-refractivity contribution in [3.8, 4) is 0 Å². The van der Waals surface area contributed by atoms with Crippen LogP contribution in [0.3, 0.4) is 0 Å². The molecule has 0 aromatic carbocycles. The third kappa shape index (κ3) is 4.41. The Balaban J connectivity index is 4.22. The van der Waals surface area contributed by atoms with Gasteiger partial charge in [-0.25, -0.2) is 0 Å². The van der Waals surface area contributed by atoms with Crippen LogP contribution in [0, 0.1) is 0 Å². The molecule has 0 aliphatic carbocycles. The maximum absolute atomic E-state index is 9.19. The van der Waals surface area contributed by atoms with Gasteiger partial charge in [0.15, 0.2) is 6.29 Å². The van der Waals surface area contributed by atoms with Gasteiger partial charge in [0.05, 0.1) is 6.61 Å². The van der Waals surface area contributed by atoms with Crippen LogP contribution in [0.5, 0.6) is 0 Å². The van der Waals surface area contributed by atoms with Crippen LogP contribution >= 0.6 is 0 Å². The second kappa shape index (κ2) is 7.09. The molecular weight excluding hydrogens is 211 g/mol. The summed E-state index contributed by atoms with van der Waals surface area (Å²) < 4.78 is 4.13. The normalized spacial score (nSPS) is 21.5. The van der Waals surface area contributed by atoms with E-state index in [9.17, 15) is 5.11 Å². The van der Waals surface area contributed by atoms with Gasteiger partial charge in [-0.05, 0) is 0 Å². The van der Waals surface area contributed by atoms with Gasteiger partial charge in [0, 0.05) is 0 Å². The van der Waals surface area contributed by atoms with Crippen LogP contribution in [0.2, 0.25) is 0 Å². The van der Waals surface area contributed by atoms with E-state index in [1.807, 2.05) is 0 Å². The molecule has 0 aromatic rings. The van der Waals surface area contributed by atoms with Gasteiger partial charge in [0.1, 0.15) is 24.4 Å². The molecule has 0 spiro atoms. The monoisotopic (exact) mass is 226 g/mol. The maximum Gasteiger partial charge on any atom is 0.437 e. The van der Waals surface area contributed by atoms with Crippen molar-refractivity contribution >= 4 is 7.69 Å². The highest BCUT2D eigenvalue weighted by atomic mass is 16.6. The summed E-state index contributed by atoms with van der Waals surface area (Å²) >= 11 is 0. The molecule has 0 aliphatic heterocycles. The van der Waals surface area contributed by atoms with E-state index in [2.05, 4.69) is 4.65 Å². The lowest BCUT2D eigenvalue weighted by Gasteiger charge is -2.27. The second-order valence-corrected chi connectivity index (χ2v) is 2.91. The first kappa shape index (κ1) is 14.7. The summed E-state index contributed by atoms with van der Waals surface area (Å²) in [5.41, 5.74) is 0. The average Bonchev–Trinajstić information content (AvgIpc) is 2.25. The molecular formula is C6H15BO8. The minimum Gasteiger partial charge on any atom is -0.430 e. The Labute approximate surface area is 86.3 Å². The topological polar surface area (TPSA) is 151 Å². The van der Waals surface area contributed by atoms with Crippen molar-refractivity contribution in [3.63, 3.8) is 0 Å². The molecule has 8 nitrogen and oxygen atoms in total. The third-order valence-corrected chi connectivity index (χ3v) is 1.82. The molecule has 0 saturated carbocycles. The molecule has 9 heteroatoms. The van der Waals surface area contributed by atoms with Crippen LogP contribution in [0.1, 0.15) is 0 Å². The molecule has 0 radical (unpaired) electrons. The van der Waals surface area contributed by atoms with Gasteiger partial charge < -0.3 is 40.3 Å². The molecule has 1 unspecified atom stereocenters. The Kier molecular flexibility index (Phi) is 6.97. The van der Waals surface area contributed by atoms with Crippen LogP contribution in [0.4, 0.5) is 0 Å². The largest absolute Gasteiger partial charge is 0.437 e. The number of rotatable bonds is 7. The highest BCUT2D eigenvalue weighted by Crippen LogP contribution is 2.08. The standard InChI is InChI=1S/C6H15BO8/c8-1-2(9)3(10)4(11)5(12)6(13)15-7-14/h2-14H,1H2/t2-,3-,4+,5+,6?/m1/s1. The van der Waals surface area contributed by atoms with Gasteiger partial charge in [-0.2, -0.15) is 0 Å². The summed E-state index contributed by atoms with van der Waals surface area (Å²) in [5, 5.41) is 62.0. The number of aliphatic hydroxyl groups is 6. The first-order valence-electron chi connectivity index (χ1n) is 4.19. The Morgan fingerprint density at radius 1 is 0.933 bits per heavy atom. The van der Waals surface area contributed by atoms with Crippen LogP contribution in [0.25, 0.3) is 0 Å². The molecule has 0 saturated heterocycles. The zero-order valence-corrected chi connectivity index (χ0v) is 7.84. The van der Waals surface area contributed by atoms with Crippen molar-refractivity contribution in [3.05, 3.63) is 0 Å². The zero-order chi connectivity index (χ0) is 12.0. The maximum atomic E-state index is 9.19. The molecule has 0 rings (SSSR count). The Bertz CT molecular complexity index is 169. The van der Waals surface area contributed by atoms with Gasteiger partial charge in [0.2, 0.25) is 0 Å². The molecule has 0 heterocycles. The van der Waals surface area contributed by atoms with E-state index < -0.39 is 45.0 Å². The summed E-state index contributed by atoms with van der Waals surface area (Å²) in [6.07, 6.45) is -9.26. The van der Waals surface area contributed by atoms with Crippen LogP contribution < -0.4 is 0 Å². The van der Waals surface area contributed by atoms with Crippen LogP contribution in [-0.4, -0.2) is 80.7 Å². The van der Waals surface area contributed by atoms with Crippen LogP contribution in [0.15, 0.2) is 0 Å². The van der Waals surface area contributed by atoms with Crippen molar-refractivity contribution in [2.45, 2.75) is 30.7 Å². The molecule has 90 valence electrons. The van der Waals surface area contributed by atoms with Gasteiger partial charge >= 0.3 is 7.69 Å². The molecule has 0 aliphatic rings. The average molecular weight is 226 g/mol. The molecule has 7 N–H and O–H groups in total. The fourth-order valence-corrected chi connectivity index (χ4v) is 0.881. The first-order valence-corrected chi connectivity index (χ1v) is 4.19. The lowest BCUT2D eigenvalue weighted by molar-refractivity contribution is -0.183. The van der Waals surface area contributed by atoms with Crippen molar-refractivity contribution in [2.24, 2.45) is 0 Å². The molecule has 15 heavy (non-hydrogen) atoms. The lowest BCUT2D eigenvalue weighted by atomic mass is 10.0. The van der Waals surface area contributed by atoms with Crippen molar-refractivity contribution < 1.29 is 40.3 Å². The predicted octanol–water partition coefficient (Wildman–Crippen LogP) is -4.98. The summed E-state index contributed by atoms with van der Waals surface area (Å²) in [5.74, 6) is 0. The minimum atomic E-state index is -1.92. The van der Waals surface area contributed by atoms with E-state index in [1.165, 1.54) is 0 Å². The zero-order valence-electron chi connectivity index (χ0n) is 7.84. The molecule has 0 aromatic heterocycles. The Morgan fingerprint density at radius 3 is 1.87 bits per heavy atom. The highest BCUT2D eigenvalue weighted by Gasteiger charge is 2.34. The van der Waals surface area contributed by atoms with E-state index >= 15 is 0 Å². The second-order valence-electron chi connectivity index (χ2n) is 2.91. The SMILES string of the molecule is OBOC(O)[C@@H](O)[C@@H](O)[C@H](O)[C@H](O)CO. The summed E-state index contributed by atoms with van der Waals surface area (Å²) in [6, 6.07) is 0. The minimum absolute atomic E-state index is 0.818. The van der Waals surface area contributed by atoms with Gasteiger partial charge in [0.25, 0.3) is 0 Å². The molecule has 0 bridgehead atoms. The van der Waals surface area contributed by atoms with E-state index in [0.29, 0.717) is 0 Å². The fourth-order valence-electron chi connectivity index (χ4n) is 0.881. The number of aliphatic hydroxyl groups excluding tert-OH is 6. The fraction of sp³-hybridized carbons (Fsp3) is 1.00. The quantitative estimate of drug-likeness (QED) is 0.168. The van der Waals surface area contributed by atoms with Gasteiger partial charge in [-0.15, -0.1) is 0 Å². The summed E-state index contributed by atoms with van der Waals surface area (Å²) in [6.45, 7) is -0.818. The smallest absolute Gasteiger partial charge is 0.430 e. The van der Waals surface area contributed by atoms with Gasteiger partial charge in [-0.1, -0.05) is 0 Å². The van der Waals surface area contributed by atoms with E-state index in [-0.39, 0.29) is 0 Å². The Hall–Kier alpha value is -0.255. The van der Waals surface area contributed by atoms with E-state index in [4.69, 9.17) is 30.6 Å². The lowest BCUT2D eigenvalue weighted by Crippen LogP contribution is -2.50. The summed E-state index contributed by atoms with van der Waals surface area (Å²) in [7, 11) is -0.885. The van der Waals surface area contributed by atoms with E-state index in [0.717, 1.165) is 0 Å². The predicted molar refractivity (Wildman–Crippen MR) is 47.6 cm³/mol. The van der Waals surface area contributed by atoms with Gasteiger partial charge in [-0.3, -0.25) is 0 Å². The molecule has 5 atom stereocenters. The first-order chi connectivity index (χ1) is 6.95. The molecule has 0 fully saturated rings. The molecule has 0 amide bonds. The third-order valence-electron chi connectivity index (χ3n) is 1.82. The van der Waals surface area contributed by atoms with E-state index in [1.54, 1.807) is 0 Å². The summed E-state index contributed by atoms with van der Waals surface area (Å²) in [4.78, 5) is 0. The highest BCUT2D eigenvalue weighted by molar-refractivity contribution is 6.15. The van der Waals surface area contributed by atoms with Crippen LogP contribution in [-0.2, 0) is 4.65 Å².